The van der Waals surface area contributed by atoms with E-state index in [1.165, 1.54) is 0 Å². The molecule has 1 aliphatic heterocycles. The van der Waals surface area contributed by atoms with Crippen molar-refractivity contribution in [2.24, 2.45) is 10.9 Å². The van der Waals surface area contributed by atoms with E-state index in [-0.39, 0.29) is 24.0 Å². The van der Waals surface area contributed by atoms with Crippen LogP contribution in [0.1, 0.15) is 49.3 Å². The Hall–Kier alpha value is -1.59. The number of aromatic nitrogens is 1. The Balaban J connectivity index is 0.00000363. The first kappa shape index (κ1) is 26.7. The molecule has 9 heteroatoms. The first-order valence-corrected chi connectivity index (χ1v) is 11.4. The van der Waals surface area contributed by atoms with E-state index >= 15 is 0 Å². The van der Waals surface area contributed by atoms with E-state index in [0.29, 0.717) is 19.1 Å². The summed E-state index contributed by atoms with van der Waals surface area (Å²) in [5.41, 5.74) is 0.992. The molecule has 0 spiro atoms. The van der Waals surface area contributed by atoms with Gasteiger partial charge < -0.3 is 24.2 Å². The zero-order valence-corrected chi connectivity index (χ0v) is 21.9. The van der Waals surface area contributed by atoms with Crippen molar-refractivity contribution in [2.75, 3.05) is 39.3 Å². The van der Waals surface area contributed by atoms with E-state index in [1.807, 2.05) is 26.0 Å². The van der Waals surface area contributed by atoms with E-state index in [1.54, 1.807) is 6.26 Å². The lowest BCUT2D eigenvalue weighted by molar-refractivity contribution is 0.105. The predicted octanol–water partition coefficient (Wildman–Crippen LogP) is 3.88. The number of rotatable bonds is 11. The van der Waals surface area contributed by atoms with Crippen LogP contribution in [0.5, 0.6) is 0 Å². The molecule has 0 unspecified atom stereocenters. The third-order valence-electron chi connectivity index (χ3n) is 5.57. The van der Waals surface area contributed by atoms with Crippen molar-refractivity contribution in [3.8, 4) is 0 Å². The normalized spacial score (nSPS) is 15.5. The van der Waals surface area contributed by atoms with Crippen molar-refractivity contribution in [1.82, 2.24) is 20.5 Å². The summed E-state index contributed by atoms with van der Waals surface area (Å²) in [5.74, 6) is 4.13. The molecular weight excluding hydrogens is 521 g/mol. The molecule has 1 aliphatic rings. The standard InChI is InChI=1S/C23H37N5O3.HI/c1-4-24-23(25-10-6-13-29-17-21-7-5-14-30-21)26-15-20-8-11-28(12-9-20)16-22-27-18(2)19(3)31-22;/h5,7,14,20H,4,6,8-13,15-17H2,1-3H3,(H2,24,25,26);1H. The van der Waals surface area contributed by atoms with Crippen LogP contribution in [0.3, 0.4) is 0 Å². The van der Waals surface area contributed by atoms with Gasteiger partial charge in [-0.05, 0) is 71.2 Å². The number of aryl methyl sites for hydroxylation is 2. The van der Waals surface area contributed by atoms with Crippen LogP contribution in [0.15, 0.2) is 32.2 Å². The lowest BCUT2D eigenvalue weighted by Crippen LogP contribution is -2.39. The van der Waals surface area contributed by atoms with Gasteiger partial charge in [-0.1, -0.05) is 0 Å². The second kappa shape index (κ2) is 14.5. The number of ether oxygens (including phenoxy) is 1. The summed E-state index contributed by atoms with van der Waals surface area (Å²) in [5, 5.41) is 6.74. The molecule has 3 rings (SSSR count). The Morgan fingerprint density at radius 3 is 2.75 bits per heavy atom. The van der Waals surface area contributed by atoms with Gasteiger partial charge in [0.2, 0.25) is 5.89 Å². The minimum Gasteiger partial charge on any atom is -0.467 e. The molecule has 0 atom stereocenters. The number of oxazole rings is 1. The van der Waals surface area contributed by atoms with Gasteiger partial charge in [-0.25, -0.2) is 4.98 Å². The number of likely N-dealkylation sites (tertiary alicyclic amines) is 1. The number of hydrogen-bond acceptors (Lipinski definition) is 6. The Bertz CT molecular complexity index is 766. The Morgan fingerprint density at radius 2 is 2.09 bits per heavy atom. The maximum atomic E-state index is 5.73. The Labute approximate surface area is 208 Å². The van der Waals surface area contributed by atoms with E-state index < -0.39 is 0 Å². The van der Waals surface area contributed by atoms with Gasteiger partial charge in [0.15, 0.2) is 5.96 Å². The molecule has 2 aromatic heterocycles. The monoisotopic (exact) mass is 559 g/mol. The number of hydrogen-bond donors (Lipinski definition) is 2. The van der Waals surface area contributed by atoms with E-state index in [4.69, 9.17) is 18.6 Å². The molecule has 3 heterocycles. The molecule has 32 heavy (non-hydrogen) atoms. The molecule has 1 fully saturated rings. The van der Waals surface area contributed by atoms with Crippen molar-refractivity contribution in [1.29, 1.82) is 0 Å². The van der Waals surface area contributed by atoms with Gasteiger partial charge in [-0.2, -0.15) is 0 Å². The fraction of sp³-hybridized carbons (Fsp3) is 0.652. The van der Waals surface area contributed by atoms with Crippen molar-refractivity contribution < 1.29 is 13.6 Å². The topological polar surface area (TPSA) is 88.1 Å². The third kappa shape index (κ3) is 9.11. The first-order chi connectivity index (χ1) is 15.1. The predicted molar refractivity (Wildman–Crippen MR) is 136 cm³/mol. The highest BCUT2D eigenvalue weighted by Gasteiger charge is 2.20. The van der Waals surface area contributed by atoms with Crippen molar-refractivity contribution in [2.45, 2.75) is 53.2 Å². The number of nitrogens with one attached hydrogen (secondary N) is 2. The molecule has 1 saturated heterocycles. The van der Waals surface area contributed by atoms with Gasteiger partial charge in [0.25, 0.3) is 0 Å². The summed E-state index contributed by atoms with van der Waals surface area (Å²) in [7, 11) is 0. The number of piperidine rings is 1. The lowest BCUT2D eigenvalue weighted by Gasteiger charge is -2.30. The number of nitrogens with zero attached hydrogens (tertiary/aromatic N) is 3. The fourth-order valence-corrected chi connectivity index (χ4v) is 3.64. The molecule has 0 bridgehead atoms. The zero-order valence-electron chi connectivity index (χ0n) is 19.6. The summed E-state index contributed by atoms with van der Waals surface area (Å²) in [6.45, 7) is 12.8. The molecule has 180 valence electrons. The highest BCUT2D eigenvalue weighted by atomic mass is 127. The number of furan rings is 1. The SMILES string of the molecule is CCNC(=NCC1CCN(Cc2nc(C)c(C)o2)CC1)NCCCOCc1ccco1.I. The van der Waals surface area contributed by atoms with Gasteiger partial charge in [0, 0.05) is 26.2 Å². The minimum absolute atomic E-state index is 0. The summed E-state index contributed by atoms with van der Waals surface area (Å²) in [4.78, 5) is 11.7. The molecule has 0 aliphatic carbocycles. The van der Waals surface area contributed by atoms with Gasteiger partial charge in [-0.3, -0.25) is 9.89 Å². The minimum atomic E-state index is 0. The van der Waals surface area contributed by atoms with Crippen LogP contribution in [0.25, 0.3) is 0 Å². The van der Waals surface area contributed by atoms with Gasteiger partial charge in [0.05, 0.1) is 18.5 Å². The number of halogens is 1. The molecule has 0 saturated carbocycles. The highest BCUT2D eigenvalue weighted by Crippen LogP contribution is 2.20. The van der Waals surface area contributed by atoms with Crippen molar-refractivity contribution in [3.63, 3.8) is 0 Å². The second-order valence-corrected chi connectivity index (χ2v) is 8.10. The van der Waals surface area contributed by atoms with Gasteiger partial charge >= 0.3 is 0 Å². The average Bonchev–Trinajstić information content (AvgIpc) is 3.39. The van der Waals surface area contributed by atoms with Crippen LogP contribution >= 0.6 is 24.0 Å². The van der Waals surface area contributed by atoms with Crippen LogP contribution in [-0.4, -0.2) is 55.2 Å². The maximum Gasteiger partial charge on any atom is 0.208 e. The summed E-state index contributed by atoms with van der Waals surface area (Å²) < 4.78 is 16.6. The summed E-state index contributed by atoms with van der Waals surface area (Å²) in [6.07, 6.45) is 4.90. The zero-order chi connectivity index (χ0) is 21.9. The van der Waals surface area contributed by atoms with Gasteiger partial charge in [0.1, 0.15) is 18.1 Å². The molecule has 2 N–H and O–H groups in total. The molecule has 0 aromatic carbocycles. The second-order valence-electron chi connectivity index (χ2n) is 8.10. The van der Waals surface area contributed by atoms with Crippen molar-refractivity contribution >= 4 is 29.9 Å². The molecule has 8 nitrogen and oxygen atoms in total. The van der Waals surface area contributed by atoms with Gasteiger partial charge in [-0.15, -0.1) is 24.0 Å². The van der Waals surface area contributed by atoms with Crippen molar-refractivity contribution in [3.05, 3.63) is 41.5 Å². The smallest absolute Gasteiger partial charge is 0.208 e. The highest BCUT2D eigenvalue weighted by molar-refractivity contribution is 14.0. The van der Waals surface area contributed by atoms with Crippen LogP contribution in [0.2, 0.25) is 0 Å². The average molecular weight is 559 g/mol. The largest absolute Gasteiger partial charge is 0.467 e. The molecule has 0 radical (unpaired) electrons. The van der Waals surface area contributed by atoms with Crippen LogP contribution in [0, 0.1) is 19.8 Å². The van der Waals surface area contributed by atoms with Crippen LogP contribution < -0.4 is 10.6 Å². The maximum absolute atomic E-state index is 5.73. The third-order valence-corrected chi connectivity index (χ3v) is 5.57. The quantitative estimate of drug-likeness (QED) is 0.187. The van der Waals surface area contributed by atoms with Crippen LogP contribution in [-0.2, 0) is 17.9 Å². The van der Waals surface area contributed by atoms with Crippen LogP contribution in [0.4, 0.5) is 0 Å². The molecular formula is C23H38IN5O3. The first-order valence-electron chi connectivity index (χ1n) is 11.4. The molecule has 0 amide bonds. The van der Waals surface area contributed by atoms with E-state index in [9.17, 15) is 0 Å². The van der Waals surface area contributed by atoms with E-state index in [0.717, 1.165) is 87.6 Å². The van der Waals surface area contributed by atoms with E-state index in [2.05, 4.69) is 27.4 Å². The fourth-order valence-electron chi connectivity index (χ4n) is 3.64. The lowest BCUT2D eigenvalue weighted by atomic mass is 9.97. The Kier molecular flexibility index (Phi) is 12.1. The number of guanidine groups is 1. The summed E-state index contributed by atoms with van der Waals surface area (Å²) in [6, 6.07) is 3.80. The Morgan fingerprint density at radius 1 is 1.28 bits per heavy atom. The number of aliphatic imine (C=N–C) groups is 1. The summed E-state index contributed by atoms with van der Waals surface area (Å²) >= 11 is 0. The molecule has 2 aromatic rings.